The maximum Gasteiger partial charge on any atom is 0.349 e. The van der Waals surface area contributed by atoms with Crippen LogP contribution in [0.2, 0.25) is 0 Å². The summed E-state index contributed by atoms with van der Waals surface area (Å²) in [5, 5.41) is 0. The summed E-state index contributed by atoms with van der Waals surface area (Å²) in [4.78, 5) is 23.1. The van der Waals surface area contributed by atoms with E-state index in [0.29, 0.717) is 5.75 Å². The molecule has 0 amide bonds. The Labute approximate surface area is 175 Å². The lowest BCUT2D eigenvalue weighted by molar-refractivity contribution is -0.150. The van der Waals surface area contributed by atoms with Crippen LogP contribution in [-0.4, -0.2) is 25.7 Å². The van der Waals surface area contributed by atoms with Crippen LogP contribution >= 0.6 is 0 Å². The minimum absolute atomic E-state index is 0.227. The summed E-state index contributed by atoms with van der Waals surface area (Å²) in [5.74, 6) is -0.0725. The standard InChI is InChI=1S/C25H22O5/c1-17(2)25(27)29-16-24(26)30-23-14-10-21(11-15-23)19-6-4-18(5-7-19)20-8-12-22(28-3)13-9-20/h4-15H,1,16H2,2-3H3. The van der Waals surface area contributed by atoms with Gasteiger partial charge < -0.3 is 14.2 Å². The van der Waals surface area contributed by atoms with Gasteiger partial charge in [-0.2, -0.15) is 0 Å². The molecule has 0 aliphatic heterocycles. The van der Waals surface area contributed by atoms with Crippen LogP contribution in [0, 0.1) is 0 Å². The molecule has 0 aliphatic carbocycles. The zero-order chi connectivity index (χ0) is 21.5. The highest BCUT2D eigenvalue weighted by atomic mass is 16.6. The Kier molecular flexibility index (Phi) is 6.65. The van der Waals surface area contributed by atoms with Gasteiger partial charge in [0.2, 0.25) is 0 Å². The summed E-state index contributed by atoms with van der Waals surface area (Å²) in [6.45, 7) is 4.51. The fraction of sp³-hybridized carbons (Fsp3) is 0.120. The Morgan fingerprint density at radius 1 is 0.733 bits per heavy atom. The predicted octanol–water partition coefficient (Wildman–Crippen LogP) is 5.05. The number of carbonyl (C=O) groups excluding carboxylic acids is 2. The van der Waals surface area contributed by atoms with Crippen molar-refractivity contribution in [2.75, 3.05) is 13.7 Å². The van der Waals surface area contributed by atoms with Gasteiger partial charge in [-0.15, -0.1) is 0 Å². The highest BCUT2D eigenvalue weighted by Gasteiger charge is 2.10. The summed E-state index contributed by atoms with van der Waals surface area (Å²) in [7, 11) is 1.65. The molecule has 0 heterocycles. The quantitative estimate of drug-likeness (QED) is 0.314. The zero-order valence-electron chi connectivity index (χ0n) is 16.9. The first kappa shape index (κ1) is 20.9. The summed E-state index contributed by atoms with van der Waals surface area (Å²) in [6, 6.07) is 23.2. The molecule has 3 rings (SSSR count). The van der Waals surface area contributed by atoms with E-state index in [1.807, 2.05) is 48.5 Å². The number of esters is 2. The molecule has 0 spiro atoms. The summed E-state index contributed by atoms with van der Waals surface area (Å²) < 4.78 is 15.1. The molecule has 30 heavy (non-hydrogen) atoms. The van der Waals surface area contributed by atoms with Crippen LogP contribution in [0.3, 0.4) is 0 Å². The van der Waals surface area contributed by atoms with E-state index in [1.54, 1.807) is 19.2 Å². The van der Waals surface area contributed by atoms with Crippen molar-refractivity contribution >= 4 is 11.9 Å². The van der Waals surface area contributed by atoms with Crippen LogP contribution in [0.5, 0.6) is 11.5 Å². The Hall–Kier alpha value is -3.86. The van der Waals surface area contributed by atoms with E-state index in [-0.39, 0.29) is 5.57 Å². The van der Waals surface area contributed by atoms with Crippen LogP contribution in [0.1, 0.15) is 6.92 Å². The van der Waals surface area contributed by atoms with Crippen molar-refractivity contribution in [1.82, 2.24) is 0 Å². The molecular formula is C25H22O5. The fourth-order valence-electron chi connectivity index (χ4n) is 2.76. The molecule has 152 valence electrons. The second-order valence-electron chi connectivity index (χ2n) is 6.66. The molecule has 0 fully saturated rings. The number of methoxy groups -OCH3 is 1. The Morgan fingerprint density at radius 2 is 1.13 bits per heavy atom. The van der Waals surface area contributed by atoms with Crippen LogP contribution in [-0.2, 0) is 14.3 Å². The number of hydrogen-bond donors (Lipinski definition) is 0. The average Bonchev–Trinajstić information content (AvgIpc) is 2.78. The Morgan fingerprint density at radius 3 is 1.53 bits per heavy atom. The molecule has 0 N–H and O–H groups in total. The van der Waals surface area contributed by atoms with E-state index < -0.39 is 18.5 Å². The van der Waals surface area contributed by atoms with Gasteiger partial charge in [0.05, 0.1) is 7.11 Å². The second kappa shape index (κ2) is 9.56. The maximum absolute atomic E-state index is 11.8. The van der Waals surface area contributed by atoms with Gasteiger partial charge in [-0.05, 0) is 53.4 Å². The fourth-order valence-corrected chi connectivity index (χ4v) is 2.76. The molecule has 0 unspecified atom stereocenters. The van der Waals surface area contributed by atoms with Gasteiger partial charge in [0, 0.05) is 5.57 Å². The topological polar surface area (TPSA) is 61.8 Å². The molecule has 0 saturated heterocycles. The lowest BCUT2D eigenvalue weighted by Crippen LogP contribution is -2.18. The molecule has 3 aromatic rings. The van der Waals surface area contributed by atoms with Crippen molar-refractivity contribution in [3.63, 3.8) is 0 Å². The van der Waals surface area contributed by atoms with Crippen molar-refractivity contribution in [2.45, 2.75) is 6.92 Å². The highest BCUT2D eigenvalue weighted by molar-refractivity contribution is 5.88. The second-order valence-corrected chi connectivity index (χ2v) is 6.66. The van der Waals surface area contributed by atoms with Gasteiger partial charge in [0.25, 0.3) is 0 Å². The monoisotopic (exact) mass is 402 g/mol. The van der Waals surface area contributed by atoms with Crippen molar-refractivity contribution < 1.29 is 23.8 Å². The molecule has 0 bridgehead atoms. The first-order valence-electron chi connectivity index (χ1n) is 9.34. The largest absolute Gasteiger partial charge is 0.497 e. The van der Waals surface area contributed by atoms with Crippen molar-refractivity contribution in [3.8, 4) is 33.8 Å². The van der Waals surface area contributed by atoms with E-state index in [2.05, 4.69) is 18.7 Å². The third-order valence-electron chi connectivity index (χ3n) is 4.40. The van der Waals surface area contributed by atoms with Gasteiger partial charge in [-0.1, -0.05) is 55.1 Å². The molecule has 5 heteroatoms. The maximum atomic E-state index is 11.8. The molecule has 0 aliphatic rings. The minimum Gasteiger partial charge on any atom is -0.497 e. The smallest absolute Gasteiger partial charge is 0.349 e. The summed E-state index contributed by atoms with van der Waals surface area (Å²) in [5.41, 5.74) is 4.48. The van der Waals surface area contributed by atoms with Crippen LogP contribution < -0.4 is 9.47 Å². The van der Waals surface area contributed by atoms with E-state index in [4.69, 9.17) is 14.2 Å². The van der Waals surface area contributed by atoms with Crippen LogP contribution in [0.25, 0.3) is 22.3 Å². The lowest BCUT2D eigenvalue weighted by Gasteiger charge is -2.08. The minimum atomic E-state index is -0.652. The number of carbonyl (C=O) groups is 2. The van der Waals surface area contributed by atoms with Gasteiger partial charge in [-0.3, -0.25) is 0 Å². The molecule has 0 saturated carbocycles. The Balaban J connectivity index is 1.62. The van der Waals surface area contributed by atoms with Gasteiger partial charge in [0.1, 0.15) is 11.5 Å². The molecule has 3 aromatic carbocycles. The summed E-state index contributed by atoms with van der Waals surface area (Å²) in [6.07, 6.45) is 0. The molecule has 0 aromatic heterocycles. The number of rotatable bonds is 7. The van der Waals surface area contributed by atoms with E-state index in [9.17, 15) is 9.59 Å². The van der Waals surface area contributed by atoms with E-state index >= 15 is 0 Å². The molecule has 0 atom stereocenters. The molecule has 5 nitrogen and oxygen atoms in total. The van der Waals surface area contributed by atoms with Gasteiger partial charge >= 0.3 is 11.9 Å². The number of ether oxygens (including phenoxy) is 3. The lowest BCUT2D eigenvalue weighted by atomic mass is 10.0. The number of benzene rings is 3. The van der Waals surface area contributed by atoms with Gasteiger partial charge in [0.15, 0.2) is 6.61 Å². The van der Waals surface area contributed by atoms with Gasteiger partial charge in [-0.25, -0.2) is 9.59 Å². The third kappa shape index (κ3) is 5.35. The van der Waals surface area contributed by atoms with Crippen molar-refractivity contribution in [2.24, 2.45) is 0 Å². The summed E-state index contributed by atoms with van der Waals surface area (Å²) >= 11 is 0. The van der Waals surface area contributed by atoms with Crippen LogP contribution in [0.15, 0.2) is 84.9 Å². The average molecular weight is 402 g/mol. The normalized spacial score (nSPS) is 10.2. The molecule has 0 radical (unpaired) electrons. The zero-order valence-corrected chi connectivity index (χ0v) is 16.9. The first-order chi connectivity index (χ1) is 14.5. The van der Waals surface area contributed by atoms with E-state index in [0.717, 1.165) is 28.0 Å². The van der Waals surface area contributed by atoms with Crippen molar-refractivity contribution in [1.29, 1.82) is 0 Å². The molecular weight excluding hydrogens is 380 g/mol. The van der Waals surface area contributed by atoms with E-state index in [1.165, 1.54) is 6.92 Å². The first-order valence-corrected chi connectivity index (χ1v) is 9.34. The Bertz CT molecular complexity index is 1030. The SMILES string of the molecule is C=C(C)C(=O)OCC(=O)Oc1ccc(-c2ccc(-c3ccc(OC)cc3)cc2)cc1. The highest BCUT2D eigenvalue weighted by Crippen LogP contribution is 2.27. The van der Waals surface area contributed by atoms with Crippen LogP contribution in [0.4, 0.5) is 0 Å². The number of hydrogen-bond acceptors (Lipinski definition) is 5. The predicted molar refractivity (Wildman–Crippen MR) is 115 cm³/mol. The van der Waals surface area contributed by atoms with Crippen molar-refractivity contribution in [3.05, 3.63) is 84.9 Å². The third-order valence-corrected chi connectivity index (χ3v) is 4.40.